The molecule has 0 spiro atoms. The van der Waals surface area contributed by atoms with Crippen molar-refractivity contribution < 1.29 is 13.7 Å². The molecule has 1 amide bonds. The van der Waals surface area contributed by atoms with Gasteiger partial charge in [-0.1, -0.05) is 5.16 Å². The summed E-state index contributed by atoms with van der Waals surface area (Å²) in [6.45, 7) is 1.81. The molecule has 23 heavy (non-hydrogen) atoms. The van der Waals surface area contributed by atoms with Gasteiger partial charge in [0, 0.05) is 23.0 Å². The molecule has 0 atom stereocenters. The van der Waals surface area contributed by atoms with E-state index in [9.17, 15) is 9.18 Å². The maximum atomic E-state index is 12.9. The van der Waals surface area contributed by atoms with Crippen LogP contribution in [0.4, 0.5) is 21.6 Å². The van der Waals surface area contributed by atoms with Crippen molar-refractivity contribution in [2.45, 2.75) is 6.92 Å². The predicted octanol–water partition coefficient (Wildman–Crippen LogP) is 4.12. The third-order valence-electron chi connectivity index (χ3n) is 3.15. The molecule has 5 nitrogen and oxygen atoms in total. The minimum absolute atomic E-state index is 0.294. The molecular weight excluding hydrogens is 297 g/mol. The van der Waals surface area contributed by atoms with Crippen LogP contribution in [0, 0.1) is 12.7 Å². The molecule has 0 saturated carbocycles. The highest BCUT2D eigenvalue weighted by Gasteiger charge is 2.06. The van der Waals surface area contributed by atoms with Gasteiger partial charge in [-0.05, 0) is 55.5 Å². The van der Waals surface area contributed by atoms with E-state index in [4.69, 9.17) is 4.52 Å². The lowest BCUT2D eigenvalue weighted by Gasteiger charge is -2.07. The topological polar surface area (TPSA) is 67.2 Å². The van der Waals surface area contributed by atoms with Gasteiger partial charge in [0.25, 0.3) is 5.91 Å². The van der Waals surface area contributed by atoms with E-state index in [-0.39, 0.29) is 11.7 Å². The van der Waals surface area contributed by atoms with Crippen molar-refractivity contribution in [3.8, 4) is 0 Å². The van der Waals surface area contributed by atoms with Crippen LogP contribution in [0.2, 0.25) is 0 Å². The van der Waals surface area contributed by atoms with Crippen molar-refractivity contribution in [2.24, 2.45) is 0 Å². The van der Waals surface area contributed by atoms with E-state index in [1.54, 1.807) is 18.2 Å². The molecule has 1 aromatic heterocycles. The first-order valence-corrected chi connectivity index (χ1v) is 6.97. The van der Waals surface area contributed by atoms with E-state index in [0.29, 0.717) is 17.1 Å². The average molecular weight is 311 g/mol. The highest BCUT2D eigenvalue weighted by atomic mass is 19.1. The second-order valence-corrected chi connectivity index (χ2v) is 4.99. The quantitative estimate of drug-likeness (QED) is 0.760. The van der Waals surface area contributed by atoms with Gasteiger partial charge in [-0.2, -0.15) is 0 Å². The van der Waals surface area contributed by atoms with Crippen molar-refractivity contribution in [3.63, 3.8) is 0 Å². The van der Waals surface area contributed by atoms with Crippen LogP contribution in [0.3, 0.4) is 0 Å². The number of amides is 1. The van der Waals surface area contributed by atoms with Gasteiger partial charge in [0.2, 0.25) is 0 Å². The van der Waals surface area contributed by atoms with E-state index in [2.05, 4.69) is 15.8 Å². The number of carbonyl (C=O) groups is 1. The number of aryl methyl sites for hydroxylation is 1. The first kappa shape index (κ1) is 14.8. The van der Waals surface area contributed by atoms with Crippen molar-refractivity contribution >= 4 is 23.1 Å². The van der Waals surface area contributed by atoms with Gasteiger partial charge < -0.3 is 15.2 Å². The normalized spacial score (nSPS) is 10.3. The number of carbonyl (C=O) groups excluding carboxylic acids is 1. The van der Waals surface area contributed by atoms with Crippen molar-refractivity contribution in [1.82, 2.24) is 5.16 Å². The molecule has 0 saturated heterocycles. The van der Waals surface area contributed by atoms with Crippen LogP contribution in [-0.4, -0.2) is 11.1 Å². The molecule has 3 aromatic rings. The van der Waals surface area contributed by atoms with Gasteiger partial charge in [-0.3, -0.25) is 4.79 Å². The summed E-state index contributed by atoms with van der Waals surface area (Å²) in [6.07, 6.45) is 0. The summed E-state index contributed by atoms with van der Waals surface area (Å²) in [7, 11) is 0. The Morgan fingerprint density at radius 3 is 2.30 bits per heavy atom. The minimum Gasteiger partial charge on any atom is -0.360 e. The smallest absolute Gasteiger partial charge is 0.255 e. The molecule has 6 heteroatoms. The first-order chi connectivity index (χ1) is 11.1. The molecule has 2 N–H and O–H groups in total. The third-order valence-corrected chi connectivity index (χ3v) is 3.15. The standard InChI is InChI=1S/C17H14FN3O2/c1-11-10-16(21-23-11)19-14-6-8-15(9-7-14)20-17(22)12-2-4-13(18)5-3-12/h2-10H,1H3,(H,19,21)(H,20,22). The number of benzene rings is 2. The van der Waals surface area contributed by atoms with Crippen molar-refractivity contribution in [2.75, 3.05) is 10.6 Å². The summed E-state index contributed by atoms with van der Waals surface area (Å²) in [5.41, 5.74) is 1.85. The lowest BCUT2D eigenvalue weighted by molar-refractivity contribution is 0.102. The van der Waals surface area contributed by atoms with Crippen LogP contribution in [0.15, 0.2) is 59.1 Å². The molecule has 0 fully saturated rings. The summed E-state index contributed by atoms with van der Waals surface area (Å²) >= 11 is 0. The Morgan fingerprint density at radius 1 is 1.04 bits per heavy atom. The fourth-order valence-electron chi connectivity index (χ4n) is 2.01. The number of hydrogen-bond donors (Lipinski definition) is 2. The van der Waals surface area contributed by atoms with Gasteiger partial charge in [0.1, 0.15) is 11.6 Å². The van der Waals surface area contributed by atoms with Crippen molar-refractivity contribution in [3.05, 3.63) is 71.7 Å². The Labute approximate surface area is 132 Å². The monoisotopic (exact) mass is 311 g/mol. The number of anilines is 3. The number of hydrogen-bond acceptors (Lipinski definition) is 4. The lowest BCUT2D eigenvalue weighted by Crippen LogP contribution is -2.11. The first-order valence-electron chi connectivity index (χ1n) is 6.97. The molecule has 1 heterocycles. The summed E-state index contributed by atoms with van der Waals surface area (Å²) in [4.78, 5) is 12.0. The zero-order valence-corrected chi connectivity index (χ0v) is 12.3. The summed E-state index contributed by atoms with van der Waals surface area (Å²) in [5, 5.41) is 9.68. The molecule has 0 aliphatic carbocycles. The summed E-state index contributed by atoms with van der Waals surface area (Å²) < 4.78 is 17.8. The maximum Gasteiger partial charge on any atom is 0.255 e. The Hall–Kier alpha value is -3.15. The second kappa shape index (κ2) is 6.31. The van der Waals surface area contributed by atoms with E-state index in [0.717, 1.165) is 11.4 Å². The van der Waals surface area contributed by atoms with E-state index < -0.39 is 0 Å². The van der Waals surface area contributed by atoms with E-state index >= 15 is 0 Å². The van der Waals surface area contributed by atoms with E-state index in [1.807, 2.05) is 19.1 Å². The van der Waals surface area contributed by atoms with Crippen LogP contribution in [0.25, 0.3) is 0 Å². The molecule has 0 bridgehead atoms. The third kappa shape index (κ3) is 3.74. The zero-order chi connectivity index (χ0) is 16.2. The second-order valence-electron chi connectivity index (χ2n) is 4.99. The molecule has 3 rings (SSSR count). The summed E-state index contributed by atoms with van der Waals surface area (Å²) in [6, 6.07) is 14.3. The fourth-order valence-corrected chi connectivity index (χ4v) is 2.01. The number of nitrogens with one attached hydrogen (secondary N) is 2. The largest absolute Gasteiger partial charge is 0.360 e. The minimum atomic E-state index is -0.375. The average Bonchev–Trinajstić information content (AvgIpc) is 2.95. The molecule has 0 aliphatic heterocycles. The predicted molar refractivity (Wildman–Crippen MR) is 85.3 cm³/mol. The molecule has 0 radical (unpaired) electrons. The zero-order valence-electron chi connectivity index (χ0n) is 12.3. The van der Waals surface area contributed by atoms with Gasteiger partial charge in [0.05, 0.1) is 0 Å². The number of halogens is 1. The molecule has 0 aliphatic rings. The highest BCUT2D eigenvalue weighted by Crippen LogP contribution is 2.19. The van der Waals surface area contributed by atoms with Crippen LogP contribution in [0.1, 0.15) is 16.1 Å². The fraction of sp³-hybridized carbons (Fsp3) is 0.0588. The van der Waals surface area contributed by atoms with Crippen molar-refractivity contribution in [1.29, 1.82) is 0 Å². The Morgan fingerprint density at radius 2 is 1.70 bits per heavy atom. The van der Waals surface area contributed by atoms with Gasteiger partial charge in [-0.25, -0.2) is 4.39 Å². The summed E-state index contributed by atoms with van der Waals surface area (Å²) in [5.74, 6) is 0.666. The van der Waals surface area contributed by atoms with Gasteiger partial charge in [-0.15, -0.1) is 0 Å². The Balaban J connectivity index is 1.65. The molecule has 2 aromatic carbocycles. The number of nitrogens with zero attached hydrogens (tertiary/aromatic N) is 1. The van der Waals surface area contributed by atoms with Crippen LogP contribution >= 0.6 is 0 Å². The Bertz CT molecular complexity index is 811. The van der Waals surface area contributed by atoms with Crippen LogP contribution < -0.4 is 10.6 Å². The number of aromatic nitrogens is 1. The molecular formula is C17H14FN3O2. The van der Waals surface area contributed by atoms with Crippen LogP contribution in [0.5, 0.6) is 0 Å². The van der Waals surface area contributed by atoms with Crippen LogP contribution in [-0.2, 0) is 0 Å². The SMILES string of the molecule is Cc1cc(Nc2ccc(NC(=O)c3ccc(F)cc3)cc2)no1. The van der Waals surface area contributed by atoms with Gasteiger partial charge in [0.15, 0.2) is 5.82 Å². The Kier molecular flexibility index (Phi) is 4.05. The highest BCUT2D eigenvalue weighted by molar-refractivity contribution is 6.04. The van der Waals surface area contributed by atoms with Gasteiger partial charge >= 0.3 is 0 Å². The molecule has 0 unspecified atom stereocenters. The number of rotatable bonds is 4. The van der Waals surface area contributed by atoms with E-state index in [1.165, 1.54) is 24.3 Å². The maximum absolute atomic E-state index is 12.9. The lowest BCUT2D eigenvalue weighted by atomic mass is 10.2. The molecule has 116 valence electrons.